The fourth-order valence-corrected chi connectivity index (χ4v) is 2.60. The van der Waals surface area contributed by atoms with E-state index in [4.69, 9.17) is 37.4 Å². The Balaban J connectivity index is 2.14. The van der Waals surface area contributed by atoms with Gasteiger partial charge in [0.15, 0.2) is 5.70 Å². The van der Waals surface area contributed by atoms with Crippen LogP contribution in [0, 0.1) is 0 Å². The van der Waals surface area contributed by atoms with Gasteiger partial charge in [0.2, 0.25) is 5.88 Å². The van der Waals surface area contributed by atoms with Gasteiger partial charge in [0.1, 0.15) is 11.5 Å². The van der Waals surface area contributed by atoms with Gasteiger partial charge in [-0.25, -0.2) is 4.79 Å². The third-order valence-electron chi connectivity index (χ3n) is 3.60. The second-order valence-electron chi connectivity index (χ2n) is 5.32. The van der Waals surface area contributed by atoms with E-state index in [9.17, 15) is 4.79 Å². The van der Waals surface area contributed by atoms with Gasteiger partial charge in [-0.1, -0.05) is 11.6 Å². The monoisotopic (exact) mass is 355 g/mol. The van der Waals surface area contributed by atoms with Gasteiger partial charge in [-0.3, -0.25) is 5.84 Å². The average molecular weight is 356 g/mol. The molecule has 0 radical (unpaired) electrons. The number of halogens is 1. The van der Waals surface area contributed by atoms with Crippen molar-refractivity contribution in [3.63, 3.8) is 0 Å². The Labute approximate surface area is 145 Å². The van der Waals surface area contributed by atoms with Crippen LogP contribution in [-0.2, 0) is 9.53 Å². The molecule has 0 bridgehead atoms. The number of carbonyl (C=O) groups excluding carboxylic acids is 1. The van der Waals surface area contributed by atoms with E-state index in [0.29, 0.717) is 16.5 Å². The molecule has 0 amide bonds. The molecule has 0 saturated heterocycles. The van der Waals surface area contributed by atoms with E-state index in [1.54, 1.807) is 25.1 Å². The molecule has 24 heavy (non-hydrogen) atoms. The number of carbonyl (C=O) groups is 1. The lowest BCUT2D eigenvalue weighted by Crippen LogP contribution is -2.32. The number of nitrogens with one attached hydrogen (secondary N) is 1. The first-order valence-electron chi connectivity index (χ1n) is 7.82. The minimum Gasteiger partial charge on any atom is -0.489 e. The van der Waals surface area contributed by atoms with Gasteiger partial charge >= 0.3 is 5.97 Å². The third kappa shape index (κ3) is 4.69. The van der Waals surface area contributed by atoms with Crippen LogP contribution in [0.15, 0.2) is 29.8 Å². The number of benzene rings is 1. The van der Waals surface area contributed by atoms with Gasteiger partial charge in [0.25, 0.3) is 0 Å². The van der Waals surface area contributed by atoms with Crippen molar-refractivity contribution in [3.8, 4) is 11.5 Å². The van der Waals surface area contributed by atoms with Crippen LogP contribution in [0.3, 0.4) is 0 Å². The highest BCUT2D eigenvalue weighted by molar-refractivity contribution is 6.32. The molecular weight excluding hydrogens is 334 g/mol. The molecular formula is C16H22ClN3O4. The molecule has 1 saturated carbocycles. The van der Waals surface area contributed by atoms with E-state index in [-0.39, 0.29) is 24.3 Å². The van der Waals surface area contributed by atoms with Crippen molar-refractivity contribution in [1.29, 1.82) is 0 Å². The molecule has 0 heterocycles. The number of hydrogen-bond donors (Lipinski definition) is 3. The first kappa shape index (κ1) is 18.2. The summed E-state index contributed by atoms with van der Waals surface area (Å²) in [6.07, 6.45) is 4.48. The summed E-state index contributed by atoms with van der Waals surface area (Å²) in [6.45, 7) is 1.87. The number of rotatable bonds is 7. The Hall–Kier alpha value is -2.12. The van der Waals surface area contributed by atoms with Crippen LogP contribution in [0.2, 0.25) is 5.02 Å². The Bertz CT molecular complexity index is 615. The third-order valence-corrected chi connectivity index (χ3v) is 3.91. The van der Waals surface area contributed by atoms with Gasteiger partial charge < -0.3 is 25.4 Å². The molecule has 8 heteroatoms. The highest BCUT2D eigenvalue weighted by atomic mass is 35.5. The van der Waals surface area contributed by atoms with E-state index in [1.807, 2.05) is 0 Å². The van der Waals surface area contributed by atoms with Gasteiger partial charge in [-0.2, -0.15) is 0 Å². The van der Waals surface area contributed by atoms with Crippen LogP contribution in [0.1, 0.15) is 32.6 Å². The summed E-state index contributed by atoms with van der Waals surface area (Å²) < 4.78 is 16.2. The van der Waals surface area contributed by atoms with E-state index >= 15 is 0 Å². The Morgan fingerprint density at radius 1 is 1.38 bits per heavy atom. The molecule has 0 spiro atoms. The SMILES string of the molecule is CCOC(=O)/C(NN)=C(/N)Oc1ccc(Cl)c(OC2CCCC2)c1. The topological polar surface area (TPSA) is 109 Å². The van der Waals surface area contributed by atoms with Crippen LogP contribution < -0.4 is 26.5 Å². The van der Waals surface area contributed by atoms with E-state index < -0.39 is 5.97 Å². The van der Waals surface area contributed by atoms with Crippen molar-refractivity contribution in [2.24, 2.45) is 11.6 Å². The summed E-state index contributed by atoms with van der Waals surface area (Å²) in [7, 11) is 0. The van der Waals surface area contributed by atoms with Crippen molar-refractivity contribution in [2.75, 3.05) is 6.61 Å². The number of nitrogens with two attached hydrogens (primary N) is 2. The summed E-state index contributed by atoms with van der Waals surface area (Å²) in [6, 6.07) is 4.90. The summed E-state index contributed by atoms with van der Waals surface area (Å²) >= 11 is 6.16. The van der Waals surface area contributed by atoms with Gasteiger partial charge in [0, 0.05) is 6.07 Å². The molecule has 0 aliphatic heterocycles. The Kier molecular flexibility index (Phi) is 6.57. The van der Waals surface area contributed by atoms with Crippen molar-refractivity contribution in [1.82, 2.24) is 5.43 Å². The van der Waals surface area contributed by atoms with Gasteiger partial charge in [-0.15, -0.1) is 0 Å². The van der Waals surface area contributed by atoms with Crippen LogP contribution in [0.4, 0.5) is 0 Å². The van der Waals surface area contributed by atoms with Crippen LogP contribution >= 0.6 is 11.6 Å². The van der Waals surface area contributed by atoms with Crippen molar-refractivity contribution >= 4 is 17.6 Å². The zero-order valence-corrected chi connectivity index (χ0v) is 14.3. The zero-order chi connectivity index (χ0) is 17.5. The molecule has 1 aromatic carbocycles. The molecule has 132 valence electrons. The molecule has 0 atom stereocenters. The first-order valence-corrected chi connectivity index (χ1v) is 8.20. The predicted octanol–water partition coefficient (Wildman–Crippen LogP) is 2.19. The van der Waals surface area contributed by atoms with E-state index in [2.05, 4.69) is 5.43 Å². The standard InChI is InChI=1S/C16H22ClN3O4/c1-2-22-16(21)14(20-19)15(18)24-11-7-8-12(17)13(9-11)23-10-5-3-4-6-10/h7-10,20H,2-6,18-19H2,1H3/b15-14+. The summed E-state index contributed by atoms with van der Waals surface area (Å²) in [5, 5.41) is 0.486. The lowest BCUT2D eigenvalue weighted by molar-refractivity contribution is -0.139. The van der Waals surface area contributed by atoms with Crippen molar-refractivity contribution in [3.05, 3.63) is 34.8 Å². The lowest BCUT2D eigenvalue weighted by Gasteiger charge is -2.16. The smallest absolute Gasteiger partial charge is 0.361 e. The van der Waals surface area contributed by atoms with Crippen LogP contribution in [0.25, 0.3) is 0 Å². The molecule has 1 aliphatic rings. The average Bonchev–Trinajstić information content (AvgIpc) is 3.04. The number of ether oxygens (including phenoxy) is 3. The maximum Gasteiger partial charge on any atom is 0.361 e. The molecule has 1 aromatic rings. The summed E-state index contributed by atoms with van der Waals surface area (Å²) in [5.74, 6) is 5.30. The zero-order valence-electron chi connectivity index (χ0n) is 13.5. The first-order chi connectivity index (χ1) is 11.5. The molecule has 1 fully saturated rings. The fraction of sp³-hybridized carbons (Fsp3) is 0.438. The lowest BCUT2D eigenvalue weighted by atomic mass is 10.3. The van der Waals surface area contributed by atoms with Crippen molar-refractivity contribution < 1.29 is 19.0 Å². The fourth-order valence-electron chi connectivity index (χ4n) is 2.44. The van der Waals surface area contributed by atoms with Crippen molar-refractivity contribution in [2.45, 2.75) is 38.7 Å². The van der Waals surface area contributed by atoms with E-state index in [1.165, 1.54) is 0 Å². The molecule has 0 aromatic heterocycles. The molecule has 5 N–H and O–H groups in total. The normalized spacial score (nSPS) is 15.6. The number of hydrogen-bond acceptors (Lipinski definition) is 7. The molecule has 0 unspecified atom stereocenters. The molecule has 7 nitrogen and oxygen atoms in total. The number of hydrazine groups is 1. The summed E-state index contributed by atoms with van der Waals surface area (Å²) in [4.78, 5) is 11.7. The highest BCUT2D eigenvalue weighted by Crippen LogP contribution is 2.33. The minimum absolute atomic E-state index is 0.159. The van der Waals surface area contributed by atoms with Crippen LogP contribution in [-0.4, -0.2) is 18.7 Å². The highest BCUT2D eigenvalue weighted by Gasteiger charge is 2.19. The maximum absolute atomic E-state index is 11.7. The Morgan fingerprint density at radius 2 is 2.08 bits per heavy atom. The van der Waals surface area contributed by atoms with E-state index in [0.717, 1.165) is 25.7 Å². The minimum atomic E-state index is -0.700. The maximum atomic E-state index is 11.7. The predicted molar refractivity (Wildman–Crippen MR) is 90.1 cm³/mol. The van der Waals surface area contributed by atoms with Gasteiger partial charge in [-0.05, 0) is 44.7 Å². The molecule has 1 aliphatic carbocycles. The van der Waals surface area contributed by atoms with Gasteiger partial charge in [0.05, 0.1) is 17.7 Å². The molecule has 2 rings (SSSR count). The summed E-state index contributed by atoms with van der Waals surface area (Å²) in [5.41, 5.74) is 7.81. The van der Waals surface area contributed by atoms with Crippen LogP contribution in [0.5, 0.6) is 11.5 Å². The largest absolute Gasteiger partial charge is 0.489 e. The quantitative estimate of drug-likeness (QED) is 0.226. The second kappa shape index (κ2) is 8.65. The Morgan fingerprint density at radius 3 is 2.71 bits per heavy atom. The number of esters is 1. The second-order valence-corrected chi connectivity index (χ2v) is 5.73.